The molecular formula is C9H7NO4. The first kappa shape index (κ1) is 10.0. The molecule has 0 radical (unpaired) electrons. The number of hydrogen-bond donors (Lipinski definition) is 0. The molecule has 0 saturated heterocycles. The molecule has 1 rings (SSSR count). The quantitative estimate of drug-likeness (QED) is 0.238. The van der Waals surface area contributed by atoms with Crippen LogP contribution in [0.2, 0.25) is 0 Å². The number of nitro groups is 1. The zero-order valence-electron chi connectivity index (χ0n) is 7.17. The molecule has 0 unspecified atom stereocenters. The Morgan fingerprint density at radius 1 is 1.43 bits per heavy atom. The van der Waals surface area contributed by atoms with Crippen molar-refractivity contribution in [3.8, 4) is 0 Å². The van der Waals surface area contributed by atoms with Crippen LogP contribution in [0, 0.1) is 10.1 Å². The minimum atomic E-state index is -0.641. The zero-order chi connectivity index (χ0) is 10.6. The molecule has 0 amide bonds. The second-order valence-electron chi connectivity index (χ2n) is 2.57. The van der Waals surface area contributed by atoms with Crippen LogP contribution >= 0.6 is 0 Å². The highest BCUT2D eigenvalue weighted by molar-refractivity contribution is 6.05. The summed E-state index contributed by atoms with van der Waals surface area (Å²) in [5.41, 5.74) is -0.288. The van der Waals surface area contributed by atoms with Crippen LogP contribution in [0.3, 0.4) is 0 Å². The van der Waals surface area contributed by atoms with Gasteiger partial charge in [0, 0.05) is 6.07 Å². The number of hydrogen-bond acceptors (Lipinski definition) is 4. The van der Waals surface area contributed by atoms with Crippen molar-refractivity contribution < 1.29 is 14.5 Å². The van der Waals surface area contributed by atoms with Crippen molar-refractivity contribution in [1.82, 2.24) is 0 Å². The molecule has 0 aliphatic carbocycles. The van der Waals surface area contributed by atoms with E-state index in [1.54, 1.807) is 0 Å². The predicted octanol–water partition coefficient (Wildman–Crippen LogP) is 1.37. The molecule has 0 bridgehead atoms. The molecule has 5 nitrogen and oxygen atoms in total. The van der Waals surface area contributed by atoms with Gasteiger partial charge in [0.15, 0.2) is 5.78 Å². The Bertz CT molecular complexity index is 386. The standard InChI is InChI=1S/C9H7NO4/c11-6-5-9(12)7-3-1-2-4-8(7)10(13)14/h1-4,6H,5H2. The number of ketones is 1. The summed E-state index contributed by atoms with van der Waals surface area (Å²) < 4.78 is 0. The Labute approximate surface area is 79.5 Å². The number of para-hydroxylation sites is 1. The Morgan fingerprint density at radius 3 is 2.64 bits per heavy atom. The van der Waals surface area contributed by atoms with Gasteiger partial charge in [-0.25, -0.2) is 0 Å². The van der Waals surface area contributed by atoms with Crippen molar-refractivity contribution in [2.45, 2.75) is 6.42 Å². The van der Waals surface area contributed by atoms with Crippen molar-refractivity contribution in [3.05, 3.63) is 39.9 Å². The lowest BCUT2D eigenvalue weighted by Gasteiger charge is -1.98. The minimum Gasteiger partial charge on any atom is -0.303 e. The van der Waals surface area contributed by atoms with E-state index in [2.05, 4.69) is 0 Å². The lowest BCUT2D eigenvalue weighted by Crippen LogP contribution is -2.03. The van der Waals surface area contributed by atoms with Gasteiger partial charge in [-0.1, -0.05) is 12.1 Å². The molecule has 0 heterocycles. The van der Waals surface area contributed by atoms with E-state index in [-0.39, 0.29) is 17.7 Å². The number of carbonyl (C=O) groups is 2. The largest absolute Gasteiger partial charge is 0.303 e. The van der Waals surface area contributed by atoms with Gasteiger partial charge >= 0.3 is 0 Å². The smallest absolute Gasteiger partial charge is 0.280 e. The maximum absolute atomic E-state index is 11.2. The van der Waals surface area contributed by atoms with Gasteiger partial charge in [0.2, 0.25) is 0 Å². The molecule has 72 valence electrons. The Kier molecular flexibility index (Phi) is 3.06. The van der Waals surface area contributed by atoms with E-state index < -0.39 is 10.7 Å². The highest BCUT2D eigenvalue weighted by Crippen LogP contribution is 2.18. The summed E-state index contributed by atoms with van der Waals surface area (Å²) in [4.78, 5) is 31.2. The van der Waals surface area contributed by atoms with Gasteiger partial charge < -0.3 is 4.79 Å². The topological polar surface area (TPSA) is 77.3 Å². The second-order valence-corrected chi connectivity index (χ2v) is 2.57. The van der Waals surface area contributed by atoms with Crippen LogP contribution in [-0.2, 0) is 4.79 Å². The number of Topliss-reactive ketones (excluding diaryl/α,β-unsaturated/α-hetero) is 1. The van der Waals surface area contributed by atoms with Crippen LogP contribution in [0.1, 0.15) is 16.8 Å². The van der Waals surface area contributed by atoms with E-state index in [1.165, 1.54) is 24.3 Å². The first-order valence-electron chi connectivity index (χ1n) is 3.87. The van der Waals surface area contributed by atoms with Gasteiger partial charge in [0.25, 0.3) is 5.69 Å². The van der Waals surface area contributed by atoms with Gasteiger partial charge in [0.1, 0.15) is 6.29 Å². The number of rotatable bonds is 4. The highest BCUT2D eigenvalue weighted by Gasteiger charge is 2.17. The van der Waals surface area contributed by atoms with Crippen molar-refractivity contribution in [2.24, 2.45) is 0 Å². The number of aldehydes is 1. The number of nitrogens with zero attached hydrogens (tertiary/aromatic N) is 1. The number of nitro benzene ring substituents is 1. The number of benzene rings is 1. The van der Waals surface area contributed by atoms with Crippen LogP contribution in [0.15, 0.2) is 24.3 Å². The summed E-state index contributed by atoms with van der Waals surface area (Å²) in [5.74, 6) is -0.535. The predicted molar refractivity (Wildman–Crippen MR) is 48.1 cm³/mol. The molecule has 0 aromatic heterocycles. The first-order chi connectivity index (χ1) is 6.66. The fourth-order valence-electron chi connectivity index (χ4n) is 1.05. The maximum atomic E-state index is 11.2. The molecule has 0 aliphatic heterocycles. The fraction of sp³-hybridized carbons (Fsp3) is 0.111. The van der Waals surface area contributed by atoms with Gasteiger partial charge in [-0.05, 0) is 6.07 Å². The Morgan fingerprint density at radius 2 is 2.07 bits per heavy atom. The van der Waals surface area contributed by atoms with Crippen LogP contribution < -0.4 is 0 Å². The second kappa shape index (κ2) is 4.27. The third-order valence-corrected chi connectivity index (χ3v) is 1.67. The van der Waals surface area contributed by atoms with Gasteiger partial charge in [-0.3, -0.25) is 14.9 Å². The lowest BCUT2D eigenvalue weighted by molar-refractivity contribution is -0.385. The van der Waals surface area contributed by atoms with Crippen molar-refractivity contribution >= 4 is 17.8 Å². The molecule has 1 aromatic carbocycles. The molecular weight excluding hydrogens is 186 g/mol. The van der Waals surface area contributed by atoms with Crippen LogP contribution in [-0.4, -0.2) is 17.0 Å². The molecule has 0 fully saturated rings. The first-order valence-corrected chi connectivity index (χ1v) is 3.87. The van der Waals surface area contributed by atoms with Crippen molar-refractivity contribution in [1.29, 1.82) is 0 Å². The van der Waals surface area contributed by atoms with Crippen LogP contribution in [0.5, 0.6) is 0 Å². The summed E-state index contributed by atoms with van der Waals surface area (Å²) in [6.45, 7) is 0. The average molecular weight is 193 g/mol. The monoisotopic (exact) mass is 193 g/mol. The summed E-state index contributed by atoms with van der Waals surface area (Å²) in [5, 5.41) is 10.5. The minimum absolute atomic E-state index is 0.0235. The van der Waals surface area contributed by atoms with Crippen molar-refractivity contribution in [3.63, 3.8) is 0 Å². The van der Waals surface area contributed by atoms with E-state index in [0.717, 1.165) is 0 Å². The van der Waals surface area contributed by atoms with E-state index in [9.17, 15) is 19.7 Å². The highest BCUT2D eigenvalue weighted by atomic mass is 16.6. The van der Waals surface area contributed by atoms with Crippen LogP contribution in [0.4, 0.5) is 5.69 Å². The average Bonchev–Trinajstić information content (AvgIpc) is 2.18. The summed E-state index contributed by atoms with van der Waals surface area (Å²) in [7, 11) is 0. The normalized spacial score (nSPS) is 9.43. The Balaban J connectivity index is 3.12. The molecule has 0 atom stereocenters. The molecule has 1 aromatic rings. The summed E-state index contributed by atoms with van der Waals surface area (Å²) >= 11 is 0. The molecule has 14 heavy (non-hydrogen) atoms. The molecule has 0 spiro atoms. The fourth-order valence-corrected chi connectivity index (χ4v) is 1.05. The van der Waals surface area contributed by atoms with Crippen molar-refractivity contribution in [2.75, 3.05) is 0 Å². The van der Waals surface area contributed by atoms with E-state index in [0.29, 0.717) is 6.29 Å². The molecule has 0 N–H and O–H groups in total. The van der Waals surface area contributed by atoms with E-state index in [4.69, 9.17) is 0 Å². The van der Waals surface area contributed by atoms with E-state index in [1.807, 2.05) is 0 Å². The zero-order valence-corrected chi connectivity index (χ0v) is 7.17. The number of carbonyl (C=O) groups excluding carboxylic acids is 2. The van der Waals surface area contributed by atoms with Gasteiger partial charge in [-0.15, -0.1) is 0 Å². The Hall–Kier alpha value is -2.04. The third kappa shape index (κ3) is 2.01. The van der Waals surface area contributed by atoms with E-state index >= 15 is 0 Å². The van der Waals surface area contributed by atoms with Gasteiger partial charge in [0.05, 0.1) is 16.9 Å². The summed E-state index contributed by atoms with van der Waals surface area (Å²) in [6, 6.07) is 5.56. The molecule has 0 aliphatic rings. The molecule has 0 saturated carbocycles. The SMILES string of the molecule is O=CCC(=O)c1ccccc1[N+](=O)[O-]. The summed E-state index contributed by atoms with van der Waals surface area (Å²) in [6.07, 6.45) is 0.101. The molecule has 5 heteroatoms. The lowest BCUT2D eigenvalue weighted by atomic mass is 10.1. The van der Waals surface area contributed by atoms with Crippen LogP contribution in [0.25, 0.3) is 0 Å². The third-order valence-electron chi connectivity index (χ3n) is 1.67. The maximum Gasteiger partial charge on any atom is 0.280 e. The van der Waals surface area contributed by atoms with Gasteiger partial charge in [-0.2, -0.15) is 0 Å².